The Morgan fingerprint density at radius 1 is 0.931 bits per heavy atom. The van der Waals surface area contributed by atoms with Gasteiger partial charge in [-0.15, -0.1) is 0 Å². The molecule has 1 aliphatic rings. The van der Waals surface area contributed by atoms with Crippen molar-refractivity contribution in [1.82, 2.24) is 0 Å². The van der Waals surface area contributed by atoms with Crippen LogP contribution in [0.4, 0.5) is 11.4 Å². The number of hydrogen-bond acceptors (Lipinski definition) is 3. The number of anilines is 2. The van der Waals surface area contributed by atoms with E-state index in [1.54, 1.807) is 6.08 Å². The van der Waals surface area contributed by atoms with E-state index in [2.05, 4.69) is 22.3 Å². The molecule has 0 radical (unpaired) electrons. The molecule has 1 heterocycles. The van der Waals surface area contributed by atoms with Gasteiger partial charge >= 0.3 is 0 Å². The van der Waals surface area contributed by atoms with Crippen molar-refractivity contribution >= 4 is 34.1 Å². The van der Waals surface area contributed by atoms with Gasteiger partial charge in [0.25, 0.3) is 5.91 Å². The van der Waals surface area contributed by atoms with Gasteiger partial charge in [0.15, 0.2) is 0 Å². The molecular weight excluding hydrogens is 358 g/mol. The van der Waals surface area contributed by atoms with Gasteiger partial charge in [-0.1, -0.05) is 48.5 Å². The van der Waals surface area contributed by atoms with Gasteiger partial charge in [-0.2, -0.15) is 5.26 Å². The molecule has 0 spiro atoms. The molecule has 0 atom stereocenters. The van der Waals surface area contributed by atoms with Crippen LogP contribution in [0.15, 0.2) is 72.3 Å². The van der Waals surface area contributed by atoms with Crippen molar-refractivity contribution in [1.29, 1.82) is 5.26 Å². The maximum atomic E-state index is 12.7. The van der Waals surface area contributed by atoms with Crippen LogP contribution < -0.4 is 10.2 Å². The van der Waals surface area contributed by atoms with Crippen LogP contribution in [0.2, 0.25) is 0 Å². The highest BCUT2D eigenvalue weighted by atomic mass is 16.1. The average molecular weight is 381 g/mol. The van der Waals surface area contributed by atoms with Crippen LogP contribution in [0.3, 0.4) is 0 Å². The summed E-state index contributed by atoms with van der Waals surface area (Å²) in [6.07, 6.45) is 5.40. The van der Waals surface area contributed by atoms with E-state index in [9.17, 15) is 10.1 Å². The van der Waals surface area contributed by atoms with Gasteiger partial charge in [0, 0.05) is 29.9 Å². The maximum absolute atomic E-state index is 12.7. The molecule has 1 fully saturated rings. The molecule has 0 unspecified atom stereocenters. The second-order valence-electron chi connectivity index (χ2n) is 7.29. The zero-order chi connectivity index (χ0) is 20.1. The summed E-state index contributed by atoms with van der Waals surface area (Å²) in [4.78, 5) is 15.1. The molecular formula is C25H23N3O. The Kier molecular flexibility index (Phi) is 5.58. The standard InChI is InChI=1S/C25H23N3O/c26-18-21(17-19-11-13-22(14-12-19)28-15-4-1-5-16-28)25(29)27-24-10-6-8-20-7-2-3-9-23(20)24/h2-3,6-14,17H,1,4-5,15-16H2,(H,27,29)/b21-17+. The molecule has 1 amide bonds. The number of carbonyl (C=O) groups is 1. The second-order valence-corrected chi connectivity index (χ2v) is 7.29. The van der Waals surface area contributed by atoms with Gasteiger partial charge < -0.3 is 10.2 Å². The predicted octanol–water partition coefficient (Wildman–Crippen LogP) is 5.38. The zero-order valence-electron chi connectivity index (χ0n) is 16.3. The molecule has 1 N–H and O–H groups in total. The van der Waals surface area contributed by atoms with Gasteiger partial charge in [0.1, 0.15) is 11.6 Å². The number of fused-ring (bicyclic) bond motifs is 1. The lowest BCUT2D eigenvalue weighted by Crippen LogP contribution is -2.29. The van der Waals surface area contributed by atoms with Crippen LogP contribution in [0.25, 0.3) is 16.8 Å². The quantitative estimate of drug-likeness (QED) is 0.488. The first-order chi connectivity index (χ1) is 14.2. The Balaban J connectivity index is 1.52. The van der Waals surface area contributed by atoms with Crippen LogP contribution in [0.1, 0.15) is 24.8 Å². The fourth-order valence-electron chi connectivity index (χ4n) is 3.77. The maximum Gasteiger partial charge on any atom is 0.266 e. The molecule has 0 saturated carbocycles. The lowest BCUT2D eigenvalue weighted by Gasteiger charge is -2.28. The number of amides is 1. The molecule has 144 valence electrons. The molecule has 1 aliphatic heterocycles. The zero-order valence-corrected chi connectivity index (χ0v) is 16.3. The molecule has 4 rings (SSSR count). The topological polar surface area (TPSA) is 56.1 Å². The summed E-state index contributed by atoms with van der Waals surface area (Å²) in [5.41, 5.74) is 2.83. The highest BCUT2D eigenvalue weighted by molar-refractivity contribution is 6.12. The fourth-order valence-corrected chi connectivity index (χ4v) is 3.77. The third kappa shape index (κ3) is 4.30. The minimum Gasteiger partial charge on any atom is -0.372 e. The number of hydrogen-bond donors (Lipinski definition) is 1. The number of nitrogens with one attached hydrogen (secondary N) is 1. The fraction of sp³-hybridized carbons (Fsp3) is 0.200. The summed E-state index contributed by atoms with van der Waals surface area (Å²) in [5.74, 6) is -0.399. The van der Waals surface area contributed by atoms with Crippen molar-refractivity contribution in [2.75, 3.05) is 23.3 Å². The number of piperidine rings is 1. The number of benzene rings is 3. The van der Waals surface area contributed by atoms with E-state index < -0.39 is 5.91 Å². The molecule has 1 saturated heterocycles. The molecule has 0 aromatic heterocycles. The Bertz CT molecular complexity index is 1080. The number of nitriles is 1. The molecule has 29 heavy (non-hydrogen) atoms. The Morgan fingerprint density at radius 3 is 2.41 bits per heavy atom. The Morgan fingerprint density at radius 2 is 1.66 bits per heavy atom. The van der Waals surface area contributed by atoms with Crippen LogP contribution in [-0.2, 0) is 4.79 Å². The normalized spacial score (nSPS) is 14.4. The van der Waals surface area contributed by atoms with E-state index in [1.807, 2.05) is 60.7 Å². The highest BCUT2D eigenvalue weighted by Gasteiger charge is 2.13. The van der Waals surface area contributed by atoms with Gasteiger partial charge in [0.2, 0.25) is 0 Å². The van der Waals surface area contributed by atoms with Crippen LogP contribution >= 0.6 is 0 Å². The highest BCUT2D eigenvalue weighted by Crippen LogP contribution is 2.24. The first kappa shape index (κ1) is 18.8. The smallest absolute Gasteiger partial charge is 0.266 e. The number of carbonyl (C=O) groups excluding carboxylic acids is 1. The van der Waals surface area contributed by atoms with Gasteiger partial charge in [-0.05, 0) is 54.5 Å². The molecule has 0 bridgehead atoms. The lowest BCUT2D eigenvalue weighted by molar-refractivity contribution is -0.112. The third-order valence-electron chi connectivity index (χ3n) is 5.33. The average Bonchev–Trinajstić information content (AvgIpc) is 2.78. The van der Waals surface area contributed by atoms with Crippen LogP contribution in [-0.4, -0.2) is 19.0 Å². The molecule has 0 aliphatic carbocycles. The van der Waals surface area contributed by atoms with E-state index in [0.717, 1.165) is 29.4 Å². The minimum absolute atomic E-state index is 0.0867. The van der Waals surface area contributed by atoms with E-state index >= 15 is 0 Å². The van der Waals surface area contributed by atoms with Crippen molar-refractivity contribution in [3.8, 4) is 6.07 Å². The molecule has 3 aromatic carbocycles. The van der Waals surface area contributed by atoms with Gasteiger partial charge in [-0.3, -0.25) is 4.79 Å². The summed E-state index contributed by atoms with van der Waals surface area (Å²) in [6.45, 7) is 2.18. The Labute approximate surface area is 171 Å². The molecule has 4 nitrogen and oxygen atoms in total. The van der Waals surface area contributed by atoms with Crippen molar-refractivity contribution in [3.63, 3.8) is 0 Å². The SMILES string of the molecule is N#C/C(=C\c1ccc(N2CCCCC2)cc1)C(=O)Nc1cccc2ccccc12. The molecule has 4 heteroatoms. The predicted molar refractivity (Wildman–Crippen MR) is 119 cm³/mol. The van der Waals surface area contributed by atoms with Crippen molar-refractivity contribution < 1.29 is 4.79 Å². The van der Waals surface area contributed by atoms with Crippen molar-refractivity contribution in [2.45, 2.75) is 19.3 Å². The van der Waals surface area contributed by atoms with Crippen LogP contribution in [0.5, 0.6) is 0 Å². The minimum atomic E-state index is -0.399. The van der Waals surface area contributed by atoms with Gasteiger partial charge in [-0.25, -0.2) is 0 Å². The first-order valence-corrected chi connectivity index (χ1v) is 10.0. The monoisotopic (exact) mass is 381 g/mol. The summed E-state index contributed by atoms with van der Waals surface area (Å²) in [6, 6.07) is 23.7. The van der Waals surface area contributed by atoms with E-state index in [1.165, 1.54) is 24.9 Å². The first-order valence-electron chi connectivity index (χ1n) is 10.0. The van der Waals surface area contributed by atoms with E-state index in [4.69, 9.17) is 0 Å². The number of nitrogens with zero attached hydrogens (tertiary/aromatic N) is 2. The van der Waals surface area contributed by atoms with Crippen LogP contribution in [0, 0.1) is 11.3 Å². The molecule has 3 aromatic rings. The second kappa shape index (κ2) is 8.62. The summed E-state index contributed by atoms with van der Waals surface area (Å²) in [5, 5.41) is 14.4. The van der Waals surface area contributed by atoms with Gasteiger partial charge in [0.05, 0.1) is 0 Å². The number of rotatable bonds is 4. The Hall–Kier alpha value is -3.58. The largest absolute Gasteiger partial charge is 0.372 e. The van der Waals surface area contributed by atoms with E-state index in [0.29, 0.717) is 5.69 Å². The third-order valence-corrected chi connectivity index (χ3v) is 5.33. The summed E-state index contributed by atoms with van der Waals surface area (Å²) in [7, 11) is 0. The summed E-state index contributed by atoms with van der Waals surface area (Å²) < 4.78 is 0. The summed E-state index contributed by atoms with van der Waals surface area (Å²) >= 11 is 0. The van der Waals surface area contributed by atoms with Crippen molar-refractivity contribution in [2.24, 2.45) is 0 Å². The lowest BCUT2D eigenvalue weighted by atomic mass is 10.1. The van der Waals surface area contributed by atoms with Crippen molar-refractivity contribution in [3.05, 3.63) is 77.9 Å². The van der Waals surface area contributed by atoms with E-state index in [-0.39, 0.29) is 5.57 Å².